The number of nitrogens with one attached hydrogen (secondary N) is 1. The van der Waals surface area contributed by atoms with E-state index in [1.54, 1.807) is 0 Å². The third-order valence-electron chi connectivity index (χ3n) is 8.17. The number of nitrogens with zero attached hydrogens (tertiary/aromatic N) is 4. The molecule has 1 aromatic carbocycles. The molecule has 0 bridgehead atoms. The molecule has 0 unspecified atom stereocenters. The molecule has 5 nitrogen and oxygen atoms in total. The summed E-state index contributed by atoms with van der Waals surface area (Å²) in [6.45, 7) is 0. The summed E-state index contributed by atoms with van der Waals surface area (Å²) in [6, 6.07) is 13.7. The highest BCUT2D eigenvalue weighted by atomic mass is 15.3. The Labute approximate surface area is 207 Å². The van der Waals surface area contributed by atoms with E-state index < -0.39 is 0 Å². The molecule has 2 fully saturated rings. The van der Waals surface area contributed by atoms with Crippen LogP contribution < -0.4 is 0 Å². The van der Waals surface area contributed by atoms with Crippen molar-refractivity contribution in [2.24, 2.45) is 5.92 Å². The number of aromatic amines is 1. The first-order valence-electron chi connectivity index (χ1n) is 13.3. The van der Waals surface area contributed by atoms with Crippen molar-refractivity contribution in [2.75, 3.05) is 0 Å². The van der Waals surface area contributed by atoms with Crippen LogP contribution in [-0.2, 0) is 6.42 Å². The van der Waals surface area contributed by atoms with Gasteiger partial charge in [-0.2, -0.15) is 10.4 Å². The van der Waals surface area contributed by atoms with E-state index in [1.165, 1.54) is 69.8 Å². The average Bonchev–Trinajstić information content (AvgIpc) is 3.58. The molecule has 35 heavy (non-hydrogen) atoms. The van der Waals surface area contributed by atoms with Gasteiger partial charge in [0, 0.05) is 23.3 Å². The second kappa shape index (κ2) is 9.70. The van der Waals surface area contributed by atoms with Gasteiger partial charge in [-0.05, 0) is 60.1 Å². The van der Waals surface area contributed by atoms with Gasteiger partial charge in [-0.1, -0.05) is 63.5 Å². The summed E-state index contributed by atoms with van der Waals surface area (Å²) >= 11 is 0. The van der Waals surface area contributed by atoms with Crippen LogP contribution in [0.3, 0.4) is 0 Å². The highest BCUT2D eigenvalue weighted by Crippen LogP contribution is 2.35. The van der Waals surface area contributed by atoms with E-state index >= 15 is 0 Å². The Kier molecular flexibility index (Phi) is 6.12. The topological polar surface area (TPSA) is 70.3 Å². The first-order chi connectivity index (χ1) is 17.3. The molecule has 0 radical (unpaired) electrons. The van der Waals surface area contributed by atoms with Gasteiger partial charge in [0.05, 0.1) is 29.6 Å². The highest BCUT2D eigenvalue weighted by Gasteiger charge is 2.19. The van der Waals surface area contributed by atoms with Crippen molar-refractivity contribution in [3.05, 3.63) is 60.0 Å². The Balaban J connectivity index is 1.30. The molecule has 178 valence electrons. The predicted molar refractivity (Wildman–Crippen MR) is 140 cm³/mol. The molecule has 2 saturated carbocycles. The fraction of sp³-hybridized carbons (Fsp3) is 0.433. The van der Waals surface area contributed by atoms with Crippen LogP contribution in [0.5, 0.6) is 0 Å². The Hall–Kier alpha value is -3.39. The van der Waals surface area contributed by atoms with Crippen LogP contribution in [0, 0.1) is 17.2 Å². The number of aromatic nitrogens is 4. The van der Waals surface area contributed by atoms with Crippen LogP contribution in [0.2, 0.25) is 0 Å². The lowest BCUT2D eigenvalue weighted by Gasteiger charge is -2.22. The standard InChI is InChI=1S/C30H33N5/c31-18-24-16-23(12-11-22(24)15-21-7-3-1-4-8-21)27-13-14-32-30-28(27)17-29(34-30)25-19-33-35(20-25)26-9-5-2-6-10-26/h11-14,16-17,19-21,26H,1-10,15H2,(H,32,34). The SMILES string of the molecule is N#Cc1cc(-c2ccnc3[nH]c(-c4cnn(C5CCCCC5)c4)cc23)ccc1CC1CCCCC1. The van der Waals surface area contributed by atoms with Gasteiger partial charge < -0.3 is 4.98 Å². The largest absolute Gasteiger partial charge is 0.339 e. The third kappa shape index (κ3) is 4.50. The maximum Gasteiger partial charge on any atom is 0.138 e. The Morgan fingerprint density at radius 1 is 0.943 bits per heavy atom. The summed E-state index contributed by atoms with van der Waals surface area (Å²) in [5, 5.41) is 15.7. The number of hydrogen-bond acceptors (Lipinski definition) is 3. The molecule has 4 aromatic rings. The van der Waals surface area contributed by atoms with E-state index in [4.69, 9.17) is 0 Å². The van der Waals surface area contributed by atoms with E-state index in [1.807, 2.05) is 12.4 Å². The van der Waals surface area contributed by atoms with Crippen molar-refractivity contribution in [2.45, 2.75) is 76.7 Å². The molecule has 5 heteroatoms. The lowest BCUT2D eigenvalue weighted by Crippen LogP contribution is -2.12. The van der Waals surface area contributed by atoms with Crippen molar-refractivity contribution < 1.29 is 0 Å². The number of fused-ring (bicyclic) bond motifs is 1. The molecular weight excluding hydrogens is 430 g/mol. The maximum atomic E-state index is 9.92. The van der Waals surface area contributed by atoms with Crippen LogP contribution in [-0.4, -0.2) is 19.7 Å². The Morgan fingerprint density at radius 3 is 2.54 bits per heavy atom. The summed E-state index contributed by atoms with van der Waals surface area (Å²) in [4.78, 5) is 8.10. The van der Waals surface area contributed by atoms with Crippen molar-refractivity contribution >= 4 is 11.0 Å². The smallest absolute Gasteiger partial charge is 0.138 e. The van der Waals surface area contributed by atoms with E-state index in [-0.39, 0.29) is 0 Å². The molecule has 0 aliphatic heterocycles. The van der Waals surface area contributed by atoms with Crippen LogP contribution in [0.1, 0.15) is 81.4 Å². The molecule has 0 amide bonds. The molecule has 6 rings (SSSR count). The molecule has 0 atom stereocenters. The zero-order chi connectivity index (χ0) is 23.6. The molecule has 1 N–H and O–H groups in total. The lowest BCUT2D eigenvalue weighted by molar-refractivity contribution is 0.329. The van der Waals surface area contributed by atoms with Crippen LogP contribution in [0.25, 0.3) is 33.4 Å². The molecule has 3 aromatic heterocycles. The molecule has 0 saturated heterocycles. The highest BCUT2D eigenvalue weighted by molar-refractivity contribution is 5.96. The number of pyridine rings is 1. The van der Waals surface area contributed by atoms with E-state index in [2.05, 4.69) is 62.3 Å². The number of benzene rings is 1. The lowest BCUT2D eigenvalue weighted by atomic mass is 9.83. The first-order valence-corrected chi connectivity index (χ1v) is 13.3. The van der Waals surface area contributed by atoms with E-state index in [0.29, 0.717) is 6.04 Å². The molecule has 0 spiro atoms. The van der Waals surface area contributed by atoms with Gasteiger partial charge in [-0.3, -0.25) is 4.68 Å². The van der Waals surface area contributed by atoms with Crippen molar-refractivity contribution in [1.82, 2.24) is 19.7 Å². The fourth-order valence-electron chi connectivity index (χ4n) is 6.18. The maximum absolute atomic E-state index is 9.92. The third-order valence-corrected chi connectivity index (χ3v) is 8.17. The number of hydrogen-bond donors (Lipinski definition) is 1. The van der Waals surface area contributed by atoms with Gasteiger partial charge in [0.15, 0.2) is 0 Å². The summed E-state index contributed by atoms with van der Waals surface area (Å²) in [6.07, 6.45) is 20.0. The number of rotatable bonds is 5. The predicted octanol–water partition coefficient (Wildman–Crippen LogP) is 7.59. The molecule has 2 aliphatic rings. The van der Waals surface area contributed by atoms with Gasteiger partial charge in [-0.25, -0.2) is 4.98 Å². The number of nitriles is 1. The number of H-pyrrole nitrogens is 1. The van der Waals surface area contributed by atoms with Gasteiger partial charge in [0.1, 0.15) is 5.65 Å². The zero-order valence-corrected chi connectivity index (χ0v) is 20.3. The average molecular weight is 464 g/mol. The van der Waals surface area contributed by atoms with Crippen LogP contribution >= 0.6 is 0 Å². The summed E-state index contributed by atoms with van der Waals surface area (Å²) in [5.41, 5.74) is 7.19. The quantitative estimate of drug-likeness (QED) is 0.331. The minimum Gasteiger partial charge on any atom is -0.339 e. The van der Waals surface area contributed by atoms with Gasteiger partial charge >= 0.3 is 0 Å². The van der Waals surface area contributed by atoms with Crippen molar-refractivity contribution in [3.8, 4) is 28.5 Å². The van der Waals surface area contributed by atoms with Gasteiger partial charge in [0.25, 0.3) is 0 Å². The van der Waals surface area contributed by atoms with Crippen LogP contribution in [0.4, 0.5) is 0 Å². The minimum atomic E-state index is 0.520. The first kappa shape index (κ1) is 22.1. The van der Waals surface area contributed by atoms with E-state index in [0.717, 1.165) is 51.3 Å². The monoisotopic (exact) mass is 463 g/mol. The zero-order valence-electron chi connectivity index (χ0n) is 20.3. The van der Waals surface area contributed by atoms with Crippen molar-refractivity contribution in [1.29, 1.82) is 5.26 Å². The second-order valence-corrected chi connectivity index (χ2v) is 10.5. The normalized spacial score (nSPS) is 17.6. The minimum absolute atomic E-state index is 0.520. The van der Waals surface area contributed by atoms with E-state index in [9.17, 15) is 5.26 Å². The molecule has 2 aliphatic carbocycles. The molecular formula is C30H33N5. The fourth-order valence-corrected chi connectivity index (χ4v) is 6.18. The van der Waals surface area contributed by atoms with Crippen LogP contribution in [0.15, 0.2) is 48.9 Å². The van der Waals surface area contributed by atoms with Gasteiger partial charge in [-0.15, -0.1) is 0 Å². The molecule has 3 heterocycles. The Bertz CT molecular complexity index is 1360. The summed E-state index contributed by atoms with van der Waals surface area (Å²) in [7, 11) is 0. The summed E-state index contributed by atoms with van der Waals surface area (Å²) < 4.78 is 2.15. The Morgan fingerprint density at radius 2 is 1.74 bits per heavy atom. The second-order valence-electron chi connectivity index (χ2n) is 10.5. The van der Waals surface area contributed by atoms with Gasteiger partial charge in [0.2, 0.25) is 0 Å². The summed E-state index contributed by atoms with van der Waals surface area (Å²) in [5.74, 6) is 0.719. The van der Waals surface area contributed by atoms with Crippen molar-refractivity contribution in [3.63, 3.8) is 0 Å².